The molecule has 4 nitrogen and oxygen atoms in total. The molecule has 1 aromatic heterocycles. The number of thiazole rings is 1. The molecule has 0 atom stereocenters. The molecule has 0 spiro atoms. The minimum absolute atomic E-state index is 0.0833. The maximum absolute atomic E-state index is 12.8. The van der Waals surface area contributed by atoms with Crippen molar-refractivity contribution in [2.45, 2.75) is 19.9 Å². The Morgan fingerprint density at radius 2 is 2.14 bits per heavy atom. The van der Waals surface area contributed by atoms with Crippen molar-refractivity contribution in [3.63, 3.8) is 0 Å². The molecule has 0 radical (unpaired) electrons. The molecule has 1 aliphatic rings. The van der Waals surface area contributed by atoms with Gasteiger partial charge in [-0.05, 0) is 39.1 Å². The van der Waals surface area contributed by atoms with Gasteiger partial charge in [-0.1, -0.05) is 18.2 Å². The molecule has 0 bridgehead atoms. The van der Waals surface area contributed by atoms with Crippen LogP contribution in [-0.2, 0) is 13.0 Å². The molecule has 2 aromatic rings. The van der Waals surface area contributed by atoms with Crippen LogP contribution in [0.15, 0.2) is 24.3 Å². The van der Waals surface area contributed by atoms with E-state index in [0.717, 1.165) is 40.8 Å². The Labute approximate surface area is 129 Å². The lowest BCUT2D eigenvalue weighted by molar-refractivity contribution is 0.0992. The number of hydrogen-bond donors (Lipinski definition) is 0. The van der Waals surface area contributed by atoms with Gasteiger partial charge in [0.25, 0.3) is 5.91 Å². The Hall–Kier alpha value is -1.72. The smallest absolute Gasteiger partial charge is 0.270 e. The number of amides is 1. The lowest BCUT2D eigenvalue weighted by atomic mass is 10.2. The fourth-order valence-electron chi connectivity index (χ4n) is 2.66. The summed E-state index contributed by atoms with van der Waals surface area (Å²) in [5.41, 5.74) is 3.14. The van der Waals surface area contributed by atoms with Crippen LogP contribution in [-0.4, -0.2) is 36.4 Å². The molecule has 0 saturated heterocycles. The summed E-state index contributed by atoms with van der Waals surface area (Å²) in [6.07, 6.45) is 0.935. The fraction of sp³-hybridized carbons (Fsp3) is 0.375. The van der Waals surface area contributed by atoms with Crippen LogP contribution in [0.4, 0.5) is 5.69 Å². The van der Waals surface area contributed by atoms with Gasteiger partial charge in [-0.2, -0.15) is 0 Å². The molecule has 0 saturated carbocycles. The Bertz CT molecular complexity index is 678. The molecule has 110 valence electrons. The van der Waals surface area contributed by atoms with Gasteiger partial charge in [0.1, 0.15) is 9.88 Å². The third kappa shape index (κ3) is 2.71. The first-order valence-electron chi connectivity index (χ1n) is 7.07. The van der Waals surface area contributed by atoms with Gasteiger partial charge in [-0.25, -0.2) is 4.98 Å². The molecule has 2 heterocycles. The summed E-state index contributed by atoms with van der Waals surface area (Å²) in [4.78, 5) is 22.1. The van der Waals surface area contributed by atoms with Gasteiger partial charge in [0, 0.05) is 18.8 Å². The summed E-state index contributed by atoms with van der Waals surface area (Å²) in [6.45, 7) is 3.46. The van der Waals surface area contributed by atoms with E-state index in [1.54, 1.807) is 0 Å². The highest BCUT2D eigenvalue weighted by Gasteiger charge is 2.27. The molecule has 0 N–H and O–H groups in total. The first-order chi connectivity index (χ1) is 10.1. The van der Waals surface area contributed by atoms with E-state index < -0.39 is 0 Å². The van der Waals surface area contributed by atoms with Crippen molar-refractivity contribution in [3.8, 4) is 0 Å². The molecule has 1 aliphatic heterocycles. The van der Waals surface area contributed by atoms with Gasteiger partial charge in [0.2, 0.25) is 0 Å². The van der Waals surface area contributed by atoms with Crippen molar-refractivity contribution in [1.29, 1.82) is 0 Å². The number of aryl methyl sites for hydroxylation is 1. The average Bonchev–Trinajstić information content (AvgIpc) is 3.01. The lowest BCUT2D eigenvalue weighted by Gasteiger charge is -2.16. The first kappa shape index (κ1) is 14.2. The van der Waals surface area contributed by atoms with Gasteiger partial charge in [-0.15, -0.1) is 11.3 Å². The maximum atomic E-state index is 12.8. The average molecular weight is 301 g/mol. The lowest BCUT2D eigenvalue weighted by Crippen LogP contribution is -2.28. The molecule has 3 rings (SSSR count). The van der Waals surface area contributed by atoms with E-state index in [9.17, 15) is 4.79 Å². The molecular weight excluding hydrogens is 282 g/mol. The topological polar surface area (TPSA) is 36.4 Å². The van der Waals surface area contributed by atoms with Crippen molar-refractivity contribution in [3.05, 3.63) is 45.4 Å². The van der Waals surface area contributed by atoms with Crippen molar-refractivity contribution < 1.29 is 4.79 Å². The van der Waals surface area contributed by atoms with Gasteiger partial charge in [-0.3, -0.25) is 4.79 Å². The Balaban J connectivity index is 1.88. The summed E-state index contributed by atoms with van der Waals surface area (Å²) in [6, 6.07) is 8.14. The zero-order valence-electron chi connectivity index (χ0n) is 12.6. The van der Waals surface area contributed by atoms with Gasteiger partial charge in [0.15, 0.2) is 0 Å². The first-order valence-corrected chi connectivity index (χ1v) is 7.88. The summed E-state index contributed by atoms with van der Waals surface area (Å²) < 4.78 is 0. The van der Waals surface area contributed by atoms with Crippen LogP contribution in [0.5, 0.6) is 0 Å². The van der Waals surface area contributed by atoms with E-state index in [4.69, 9.17) is 0 Å². The van der Waals surface area contributed by atoms with E-state index in [1.165, 1.54) is 16.9 Å². The Morgan fingerprint density at radius 3 is 2.90 bits per heavy atom. The fourth-order valence-corrected chi connectivity index (χ4v) is 3.79. The second-order valence-electron chi connectivity index (χ2n) is 5.60. The largest absolute Gasteiger partial charge is 0.307 e. The van der Waals surface area contributed by atoms with Gasteiger partial charge < -0.3 is 9.80 Å². The number of anilines is 1. The predicted octanol–water partition coefficient (Wildman–Crippen LogP) is 2.72. The molecule has 1 amide bonds. The number of nitrogens with zero attached hydrogens (tertiary/aromatic N) is 3. The van der Waals surface area contributed by atoms with E-state index in [-0.39, 0.29) is 5.91 Å². The van der Waals surface area contributed by atoms with Crippen LogP contribution in [0.25, 0.3) is 0 Å². The molecule has 5 heteroatoms. The standard InChI is InChI=1S/C16H19N3OS/c1-11-15(21-14(17-11)10-18(2)3)16(20)19-9-8-12-6-4-5-7-13(12)19/h4-7H,8-10H2,1-3H3. The minimum atomic E-state index is 0.0833. The molecule has 1 aromatic carbocycles. The SMILES string of the molecule is Cc1nc(CN(C)C)sc1C(=O)N1CCc2ccccc21. The van der Waals surface area contributed by atoms with Crippen molar-refractivity contribution >= 4 is 22.9 Å². The monoisotopic (exact) mass is 301 g/mol. The van der Waals surface area contributed by atoms with Crippen LogP contribution >= 0.6 is 11.3 Å². The predicted molar refractivity (Wildman–Crippen MR) is 86.1 cm³/mol. The zero-order chi connectivity index (χ0) is 15.0. The maximum Gasteiger partial charge on any atom is 0.270 e. The quantitative estimate of drug-likeness (QED) is 0.874. The molecule has 0 fully saturated rings. The van der Waals surface area contributed by atoms with E-state index in [0.29, 0.717) is 0 Å². The normalized spacial score (nSPS) is 13.8. The van der Waals surface area contributed by atoms with E-state index in [1.807, 2.05) is 44.1 Å². The van der Waals surface area contributed by atoms with Crippen LogP contribution < -0.4 is 4.90 Å². The highest BCUT2D eigenvalue weighted by Crippen LogP contribution is 2.31. The van der Waals surface area contributed by atoms with Crippen LogP contribution in [0, 0.1) is 6.92 Å². The van der Waals surface area contributed by atoms with Crippen molar-refractivity contribution in [2.75, 3.05) is 25.5 Å². The van der Waals surface area contributed by atoms with Gasteiger partial charge >= 0.3 is 0 Å². The molecule has 0 unspecified atom stereocenters. The molecular formula is C16H19N3OS. The van der Waals surface area contributed by atoms with E-state index >= 15 is 0 Å². The van der Waals surface area contributed by atoms with Crippen LogP contribution in [0.3, 0.4) is 0 Å². The number of para-hydroxylation sites is 1. The van der Waals surface area contributed by atoms with E-state index in [2.05, 4.69) is 16.0 Å². The van der Waals surface area contributed by atoms with Crippen LogP contribution in [0.2, 0.25) is 0 Å². The molecule has 21 heavy (non-hydrogen) atoms. The van der Waals surface area contributed by atoms with Crippen LogP contribution in [0.1, 0.15) is 25.9 Å². The summed E-state index contributed by atoms with van der Waals surface area (Å²) in [7, 11) is 4.02. The number of rotatable bonds is 3. The third-order valence-electron chi connectivity index (χ3n) is 3.62. The number of carbonyl (C=O) groups excluding carboxylic acids is 1. The summed E-state index contributed by atoms with van der Waals surface area (Å²) >= 11 is 1.51. The number of benzene rings is 1. The summed E-state index contributed by atoms with van der Waals surface area (Å²) in [5.74, 6) is 0.0833. The highest BCUT2D eigenvalue weighted by atomic mass is 32.1. The second-order valence-corrected chi connectivity index (χ2v) is 6.68. The highest BCUT2D eigenvalue weighted by molar-refractivity contribution is 7.13. The zero-order valence-corrected chi connectivity index (χ0v) is 13.4. The Kier molecular flexibility index (Phi) is 3.78. The minimum Gasteiger partial charge on any atom is -0.307 e. The van der Waals surface area contributed by atoms with Crippen molar-refractivity contribution in [2.24, 2.45) is 0 Å². The number of hydrogen-bond acceptors (Lipinski definition) is 4. The number of carbonyl (C=O) groups is 1. The number of aromatic nitrogens is 1. The second kappa shape index (κ2) is 5.58. The summed E-state index contributed by atoms with van der Waals surface area (Å²) in [5, 5.41) is 0.994. The Morgan fingerprint density at radius 1 is 1.38 bits per heavy atom. The number of fused-ring (bicyclic) bond motifs is 1. The molecule has 0 aliphatic carbocycles. The third-order valence-corrected chi connectivity index (χ3v) is 4.75. The van der Waals surface area contributed by atoms with Crippen molar-refractivity contribution in [1.82, 2.24) is 9.88 Å². The van der Waals surface area contributed by atoms with Gasteiger partial charge in [0.05, 0.1) is 5.69 Å².